The summed E-state index contributed by atoms with van der Waals surface area (Å²) < 4.78 is 0. The molecule has 0 aliphatic rings. The van der Waals surface area contributed by atoms with Gasteiger partial charge in [0.1, 0.15) is 6.04 Å². The van der Waals surface area contributed by atoms with Gasteiger partial charge in [-0.2, -0.15) is 0 Å². The van der Waals surface area contributed by atoms with E-state index in [1.807, 2.05) is 0 Å². The average Bonchev–Trinajstić information content (AvgIpc) is 1.99. The Bertz CT molecular complexity index is 235. The van der Waals surface area contributed by atoms with Crippen LogP contribution in [0, 0.1) is 0 Å². The summed E-state index contributed by atoms with van der Waals surface area (Å²) in [7, 11) is 0. The highest BCUT2D eigenvalue weighted by Crippen LogP contribution is 2.03. The Labute approximate surface area is 88.5 Å². The van der Waals surface area contributed by atoms with Crippen LogP contribution in [0.15, 0.2) is 0 Å². The summed E-state index contributed by atoms with van der Waals surface area (Å²) in [6, 6.07) is -1.05. The molecule has 0 aromatic rings. The number of carbonyl (C=O) groups excluding carboxylic acids is 1. The molecule has 0 saturated heterocycles. The van der Waals surface area contributed by atoms with Gasteiger partial charge in [0.2, 0.25) is 5.91 Å². The minimum absolute atomic E-state index is 0.00786. The third kappa shape index (κ3) is 6.87. The van der Waals surface area contributed by atoms with Crippen molar-refractivity contribution in [2.75, 3.05) is 6.61 Å². The number of carboxylic acids is 1. The molecule has 0 aliphatic carbocycles. The van der Waals surface area contributed by atoms with Crippen molar-refractivity contribution >= 4 is 11.9 Å². The van der Waals surface area contributed by atoms with Crippen LogP contribution in [0.3, 0.4) is 0 Å². The van der Waals surface area contributed by atoms with Crippen LogP contribution in [0.25, 0.3) is 0 Å². The van der Waals surface area contributed by atoms with Crippen molar-refractivity contribution < 1.29 is 19.8 Å². The van der Waals surface area contributed by atoms with Gasteiger partial charge in [-0.05, 0) is 13.8 Å². The molecule has 1 amide bonds. The molecule has 5 N–H and O–H groups in total. The predicted octanol–water partition coefficient (Wildman–Crippen LogP) is -0.934. The Morgan fingerprint density at radius 2 is 2.00 bits per heavy atom. The van der Waals surface area contributed by atoms with E-state index in [1.54, 1.807) is 13.8 Å². The molecule has 0 aliphatic heterocycles. The lowest BCUT2D eigenvalue weighted by atomic mass is 10.0. The number of aliphatic carboxylic acids is 1. The Hall–Kier alpha value is -1.14. The highest BCUT2D eigenvalue weighted by Gasteiger charge is 2.22. The molecular weight excluding hydrogens is 200 g/mol. The van der Waals surface area contributed by atoms with Gasteiger partial charge < -0.3 is 21.3 Å². The van der Waals surface area contributed by atoms with E-state index in [4.69, 9.17) is 15.9 Å². The van der Waals surface area contributed by atoms with Crippen molar-refractivity contribution in [1.82, 2.24) is 5.32 Å². The molecule has 0 fully saturated rings. The molecule has 1 atom stereocenters. The van der Waals surface area contributed by atoms with Crippen molar-refractivity contribution in [3.8, 4) is 0 Å². The number of carbonyl (C=O) groups is 2. The highest BCUT2D eigenvalue weighted by atomic mass is 16.4. The highest BCUT2D eigenvalue weighted by molar-refractivity contribution is 5.84. The first-order valence-corrected chi connectivity index (χ1v) is 4.68. The summed E-state index contributed by atoms with van der Waals surface area (Å²) in [6.07, 6.45) is 0.0360. The second-order valence-electron chi connectivity index (χ2n) is 4.14. The van der Waals surface area contributed by atoms with Crippen molar-refractivity contribution in [3.63, 3.8) is 0 Å². The van der Waals surface area contributed by atoms with Crippen LogP contribution < -0.4 is 11.1 Å². The number of nitrogens with one attached hydrogen (secondary N) is 1. The maximum atomic E-state index is 11.3. The summed E-state index contributed by atoms with van der Waals surface area (Å²) >= 11 is 0. The van der Waals surface area contributed by atoms with E-state index in [9.17, 15) is 9.59 Å². The quantitative estimate of drug-likeness (QED) is 0.460. The molecule has 0 heterocycles. The Kier molecular flexibility index (Phi) is 5.24. The zero-order valence-corrected chi connectivity index (χ0v) is 8.99. The molecule has 6 heteroatoms. The smallest absolute Gasteiger partial charge is 0.326 e. The Morgan fingerprint density at radius 1 is 1.47 bits per heavy atom. The van der Waals surface area contributed by atoms with Crippen LogP contribution in [0.1, 0.15) is 26.7 Å². The largest absolute Gasteiger partial charge is 0.480 e. The topological polar surface area (TPSA) is 113 Å². The van der Waals surface area contributed by atoms with E-state index in [-0.39, 0.29) is 19.4 Å². The van der Waals surface area contributed by atoms with E-state index in [0.29, 0.717) is 0 Å². The number of carboxylic acid groups (broad SMARTS) is 1. The van der Waals surface area contributed by atoms with Crippen molar-refractivity contribution in [1.29, 1.82) is 0 Å². The standard InChI is InChI=1S/C9H18N2O4/c1-9(2,10)5-7(13)11-6(3-4-12)8(14)15/h6,12H,3-5,10H2,1-2H3,(H,11,13)(H,14,15)/t6-/m1/s1. The Morgan fingerprint density at radius 3 is 2.33 bits per heavy atom. The van der Waals surface area contributed by atoms with Gasteiger partial charge >= 0.3 is 5.97 Å². The van der Waals surface area contributed by atoms with Crippen LogP contribution in [-0.4, -0.2) is 40.3 Å². The molecule has 0 bridgehead atoms. The third-order valence-corrected chi connectivity index (χ3v) is 1.67. The number of nitrogens with two attached hydrogens (primary N) is 1. The SMILES string of the molecule is CC(C)(N)CC(=O)N[C@H](CCO)C(=O)O. The number of aliphatic hydroxyl groups is 1. The zero-order valence-electron chi connectivity index (χ0n) is 8.99. The monoisotopic (exact) mass is 218 g/mol. The fourth-order valence-electron chi connectivity index (χ4n) is 1.05. The van der Waals surface area contributed by atoms with Crippen LogP contribution in [0.2, 0.25) is 0 Å². The zero-order chi connectivity index (χ0) is 12.1. The van der Waals surface area contributed by atoms with E-state index in [0.717, 1.165) is 0 Å². The molecule has 0 aromatic heterocycles. The van der Waals surface area contributed by atoms with E-state index in [1.165, 1.54) is 0 Å². The van der Waals surface area contributed by atoms with Crippen LogP contribution >= 0.6 is 0 Å². The second kappa shape index (κ2) is 5.67. The predicted molar refractivity (Wildman–Crippen MR) is 54.2 cm³/mol. The number of aliphatic hydroxyl groups excluding tert-OH is 1. The molecule has 0 rings (SSSR count). The Balaban J connectivity index is 4.18. The maximum Gasteiger partial charge on any atom is 0.326 e. The van der Waals surface area contributed by atoms with E-state index >= 15 is 0 Å². The molecule has 0 saturated carbocycles. The van der Waals surface area contributed by atoms with Gasteiger partial charge in [-0.15, -0.1) is 0 Å². The molecule has 88 valence electrons. The fourth-order valence-corrected chi connectivity index (χ4v) is 1.05. The van der Waals surface area contributed by atoms with E-state index < -0.39 is 23.5 Å². The lowest BCUT2D eigenvalue weighted by Gasteiger charge is -2.19. The molecule has 0 spiro atoms. The number of amides is 1. The summed E-state index contributed by atoms with van der Waals surface area (Å²) in [4.78, 5) is 21.9. The van der Waals surface area contributed by atoms with Crippen molar-refractivity contribution in [2.45, 2.75) is 38.3 Å². The van der Waals surface area contributed by atoms with Gasteiger partial charge in [0.15, 0.2) is 0 Å². The number of hydrogen-bond acceptors (Lipinski definition) is 4. The minimum Gasteiger partial charge on any atom is -0.480 e. The molecular formula is C9H18N2O4. The molecule has 15 heavy (non-hydrogen) atoms. The minimum atomic E-state index is -1.16. The number of rotatable bonds is 6. The van der Waals surface area contributed by atoms with Crippen LogP contribution in [-0.2, 0) is 9.59 Å². The summed E-state index contributed by atoms with van der Waals surface area (Å²) in [5.41, 5.74) is 4.93. The van der Waals surface area contributed by atoms with Gasteiger partial charge in [-0.25, -0.2) is 4.79 Å². The van der Waals surface area contributed by atoms with Gasteiger partial charge in [0.05, 0.1) is 0 Å². The first-order valence-electron chi connectivity index (χ1n) is 4.68. The number of hydrogen-bond donors (Lipinski definition) is 4. The van der Waals surface area contributed by atoms with Crippen molar-refractivity contribution in [3.05, 3.63) is 0 Å². The molecule has 0 aromatic carbocycles. The van der Waals surface area contributed by atoms with E-state index in [2.05, 4.69) is 5.32 Å². The van der Waals surface area contributed by atoms with Gasteiger partial charge in [-0.1, -0.05) is 0 Å². The van der Waals surface area contributed by atoms with Crippen molar-refractivity contribution in [2.24, 2.45) is 5.73 Å². The van der Waals surface area contributed by atoms with Crippen LogP contribution in [0.4, 0.5) is 0 Å². The average molecular weight is 218 g/mol. The first kappa shape index (κ1) is 13.9. The first-order chi connectivity index (χ1) is 6.76. The summed E-state index contributed by atoms with van der Waals surface area (Å²) in [5, 5.41) is 19.6. The normalized spacial score (nSPS) is 13.3. The van der Waals surface area contributed by atoms with Gasteiger partial charge in [0, 0.05) is 25.0 Å². The van der Waals surface area contributed by atoms with Crippen LogP contribution in [0.5, 0.6) is 0 Å². The molecule has 0 unspecified atom stereocenters. The summed E-state index contributed by atoms with van der Waals surface area (Å²) in [5.74, 6) is -1.59. The van der Waals surface area contributed by atoms with Gasteiger partial charge in [-0.3, -0.25) is 4.79 Å². The lowest BCUT2D eigenvalue weighted by Crippen LogP contribution is -2.45. The lowest BCUT2D eigenvalue weighted by molar-refractivity contribution is -0.142. The fraction of sp³-hybridized carbons (Fsp3) is 0.778. The second-order valence-corrected chi connectivity index (χ2v) is 4.14. The molecule has 0 radical (unpaired) electrons. The third-order valence-electron chi connectivity index (χ3n) is 1.67. The molecule has 6 nitrogen and oxygen atoms in total. The van der Waals surface area contributed by atoms with Gasteiger partial charge in [0.25, 0.3) is 0 Å². The summed E-state index contributed by atoms with van der Waals surface area (Å²) in [6.45, 7) is 3.06. The maximum absolute atomic E-state index is 11.3.